The summed E-state index contributed by atoms with van der Waals surface area (Å²) in [4.78, 5) is 16.5. The lowest BCUT2D eigenvalue weighted by Gasteiger charge is -2.18. The molecule has 0 saturated carbocycles. The van der Waals surface area contributed by atoms with Crippen molar-refractivity contribution in [2.24, 2.45) is 0 Å². The first kappa shape index (κ1) is 22.2. The number of amides is 1. The van der Waals surface area contributed by atoms with E-state index in [4.69, 9.17) is 18.9 Å². The van der Waals surface area contributed by atoms with E-state index in [1.807, 2.05) is 53.2 Å². The molecule has 36 heavy (non-hydrogen) atoms. The third kappa shape index (κ3) is 4.51. The second-order valence-electron chi connectivity index (χ2n) is 8.41. The van der Waals surface area contributed by atoms with E-state index in [0.29, 0.717) is 24.7 Å². The number of aromatic nitrogens is 6. The van der Waals surface area contributed by atoms with Gasteiger partial charge < -0.3 is 28.8 Å². The van der Waals surface area contributed by atoms with Gasteiger partial charge in [0, 0.05) is 18.1 Å². The number of tetrazole rings is 1. The zero-order chi connectivity index (χ0) is 24.3. The molecule has 12 heteroatoms. The van der Waals surface area contributed by atoms with Gasteiger partial charge >= 0.3 is 6.01 Å². The Kier molecular flexibility index (Phi) is 6.01. The quantitative estimate of drug-likeness (QED) is 0.392. The summed E-state index contributed by atoms with van der Waals surface area (Å²) in [6.07, 6.45) is 4.64. The zero-order valence-corrected chi connectivity index (χ0v) is 19.1. The lowest BCUT2D eigenvalue weighted by atomic mass is 10.1. The van der Waals surface area contributed by atoms with E-state index >= 15 is 0 Å². The van der Waals surface area contributed by atoms with Gasteiger partial charge in [0.2, 0.25) is 0 Å². The smallest absolute Gasteiger partial charge is 0.341 e. The molecule has 2 fully saturated rings. The summed E-state index contributed by atoms with van der Waals surface area (Å²) in [7, 11) is 0. The van der Waals surface area contributed by atoms with Gasteiger partial charge in [-0.2, -0.15) is 4.68 Å². The van der Waals surface area contributed by atoms with Gasteiger partial charge in [-0.3, -0.25) is 4.79 Å². The molecule has 1 N–H and O–H groups in total. The van der Waals surface area contributed by atoms with E-state index in [0.717, 1.165) is 5.69 Å². The number of imidazole rings is 1. The molecule has 12 nitrogen and oxygen atoms in total. The van der Waals surface area contributed by atoms with Crippen molar-refractivity contribution in [3.8, 4) is 23.2 Å². The number of benzene rings is 2. The number of nitrogens with one attached hydrogen (secondary N) is 1. The van der Waals surface area contributed by atoms with Crippen LogP contribution < -0.4 is 14.8 Å². The summed E-state index contributed by atoms with van der Waals surface area (Å²) >= 11 is 0. The van der Waals surface area contributed by atoms with Crippen LogP contribution in [0, 0.1) is 0 Å². The number of nitrogens with zero attached hydrogens (tertiary/aromatic N) is 6. The second kappa shape index (κ2) is 9.76. The maximum atomic E-state index is 12.4. The van der Waals surface area contributed by atoms with Crippen LogP contribution in [0.3, 0.4) is 0 Å². The third-order valence-electron chi connectivity index (χ3n) is 6.11. The van der Waals surface area contributed by atoms with E-state index in [-0.39, 0.29) is 42.8 Å². The highest BCUT2D eigenvalue weighted by atomic mass is 16.6. The monoisotopic (exact) mass is 489 g/mol. The largest absolute Gasteiger partial charge is 0.484 e. The van der Waals surface area contributed by atoms with Gasteiger partial charge in [-0.15, -0.1) is 0 Å². The van der Waals surface area contributed by atoms with Crippen LogP contribution in [-0.2, 0) is 14.3 Å². The minimum Gasteiger partial charge on any atom is -0.484 e. The molecule has 0 aliphatic carbocycles. The lowest BCUT2D eigenvalue weighted by molar-refractivity contribution is -0.124. The molecule has 0 bridgehead atoms. The van der Waals surface area contributed by atoms with Gasteiger partial charge in [-0.05, 0) is 46.8 Å². The molecule has 2 saturated heterocycles. The van der Waals surface area contributed by atoms with Crippen molar-refractivity contribution in [1.82, 2.24) is 35.1 Å². The average Bonchev–Trinajstić information content (AvgIpc) is 3.71. The highest BCUT2D eigenvalue weighted by Gasteiger charge is 2.50. The van der Waals surface area contributed by atoms with Crippen LogP contribution in [0.2, 0.25) is 0 Å². The summed E-state index contributed by atoms with van der Waals surface area (Å²) in [5.74, 6) is 0.972. The molecule has 2 aliphatic rings. The molecule has 2 aliphatic heterocycles. The molecule has 0 radical (unpaired) electrons. The first-order valence-electron chi connectivity index (χ1n) is 11.5. The number of hydrogen-bond acceptors (Lipinski definition) is 9. The van der Waals surface area contributed by atoms with E-state index < -0.39 is 0 Å². The van der Waals surface area contributed by atoms with Crippen molar-refractivity contribution < 1.29 is 23.7 Å². The molecule has 2 aromatic heterocycles. The Bertz CT molecular complexity index is 1300. The van der Waals surface area contributed by atoms with Crippen molar-refractivity contribution in [1.29, 1.82) is 0 Å². The molecule has 4 heterocycles. The molecule has 0 spiro atoms. The Morgan fingerprint density at radius 3 is 2.67 bits per heavy atom. The van der Waals surface area contributed by atoms with Gasteiger partial charge in [0.15, 0.2) is 6.61 Å². The van der Waals surface area contributed by atoms with Crippen molar-refractivity contribution in [2.75, 3.05) is 19.8 Å². The molecule has 184 valence electrons. The Labute approximate surface area is 205 Å². The van der Waals surface area contributed by atoms with Gasteiger partial charge in [0.25, 0.3) is 5.91 Å². The molecule has 0 unspecified atom stereocenters. The van der Waals surface area contributed by atoms with Gasteiger partial charge in [0.05, 0.1) is 25.6 Å². The lowest BCUT2D eigenvalue weighted by Crippen LogP contribution is -2.45. The highest BCUT2D eigenvalue weighted by molar-refractivity contribution is 5.78. The summed E-state index contributed by atoms with van der Waals surface area (Å²) in [5.41, 5.74) is 0.952. The Morgan fingerprint density at radius 2 is 1.86 bits per heavy atom. The van der Waals surface area contributed by atoms with Crippen LogP contribution in [0.15, 0.2) is 73.3 Å². The van der Waals surface area contributed by atoms with Crippen LogP contribution in [-0.4, -0.2) is 73.7 Å². The molecule has 1 amide bonds. The summed E-state index contributed by atoms with van der Waals surface area (Å²) in [5, 5.41) is 14.9. The second-order valence-corrected chi connectivity index (χ2v) is 8.41. The number of rotatable bonds is 8. The Hall–Kier alpha value is -4.29. The molecular weight excluding hydrogens is 466 g/mol. The highest BCUT2D eigenvalue weighted by Crippen LogP contribution is 2.36. The molecule has 6 rings (SSSR count). The normalized spacial score (nSPS) is 22.8. The Balaban J connectivity index is 1.07. The average molecular weight is 489 g/mol. The van der Waals surface area contributed by atoms with Crippen molar-refractivity contribution in [2.45, 2.75) is 24.3 Å². The fourth-order valence-corrected chi connectivity index (χ4v) is 4.39. The maximum absolute atomic E-state index is 12.4. The SMILES string of the molecule is O=C(COc1ccccc1)N[C@@H]1CO[C@@H]2[C@@H]1OC[C@@H]2n1nnnc1Oc1ccc(-n2ccnc2)cc1. The first-order valence-corrected chi connectivity index (χ1v) is 11.5. The van der Waals surface area contributed by atoms with Crippen molar-refractivity contribution >= 4 is 5.91 Å². The van der Waals surface area contributed by atoms with Crippen molar-refractivity contribution in [3.63, 3.8) is 0 Å². The number of ether oxygens (including phenoxy) is 4. The maximum Gasteiger partial charge on any atom is 0.341 e. The number of carbonyl (C=O) groups is 1. The van der Waals surface area contributed by atoms with Gasteiger partial charge in [-0.25, -0.2) is 4.98 Å². The minimum atomic E-state index is -0.334. The number of hydrogen-bond donors (Lipinski definition) is 1. The topological polar surface area (TPSA) is 127 Å². The van der Waals surface area contributed by atoms with Crippen LogP contribution in [0.4, 0.5) is 0 Å². The first-order chi connectivity index (χ1) is 17.7. The zero-order valence-electron chi connectivity index (χ0n) is 19.1. The molecule has 2 aromatic carbocycles. The molecular formula is C24H23N7O5. The fraction of sp³-hybridized carbons (Fsp3) is 0.292. The van der Waals surface area contributed by atoms with E-state index in [1.165, 1.54) is 0 Å². The predicted molar refractivity (Wildman–Crippen MR) is 124 cm³/mol. The molecule has 4 atom stereocenters. The predicted octanol–water partition coefficient (Wildman–Crippen LogP) is 1.55. The number of carbonyl (C=O) groups excluding carboxylic acids is 1. The summed E-state index contributed by atoms with van der Waals surface area (Å²) in [6, 6.07) is 16.3. The van der Waals surface area contributed by atoms with Crippen molar-refractivity contribution in [3.05, 3.63) is 73.3 Å². The number of fused-ring (bicyclic) bond motifs is 1. The van der Waals surface area contributed by atoms with E-state index in [2.05, 4.69) is 25.8 Å². The fourth-order valence-electron chi connectivity index (χ4n) is 4.39. The third-order valence-corrected chi connectivity index (χ3v) is 6.11. The van der Waals surface area contributed by atoms with Crippen LogP contribution in [0.5, 0.6) is 17.5 Å². The van der Waals surface area contributed by atoms with E-state index in [1.54, 1.807) is 29.3 Å². The Morgan fingerprint density at radius 1 is 1.03 bits per heavy atom. The standard InChI is InChI=1S/C24H23N7O5/c32-21(14-33-17-4-2-1-3-5-17)26-19-12-34-23-20(13-35-22(19)23)31-24(27-28-29-31)36-18-8-6-16(7-9-18)30-11-10-25-15-30/h1-11,15,19-20,22-23H,12-14H2,(H,26,32)/t19-,20+,22-,23+/m1/s1. The molecule has 4 aromatic rings. The number of para-hydroxylation sites is 1. The minimum absolute atomic E-state index is 0.0913. The van der Waals surface area contributed by atoms with Crippen LogP contribution in [0.1, 0.15) is 6.04 Å². The van der Waals surface area contributed by atoms with Crippen LogP contribution in [0.25, 0.3) is 5.69 Å². The van der Waals surface area contributed by atoms with Gasteiger partial charge in [-0.1, -0.05) is 23.3 Å². The van der Waals surface area contributed by atoms with Gasteiger partial charge in [0.1, 0.15) is 29.7 Å². The van der Waals surface area contributed by atoms with Crippen LogP contribution >= 0.6 is 0 Å². The summed E-state index contributed by atoms with van der Waals surface area (Å²) < 4.78 is 26.9. The van der Waals surface area contributed by atoms with E-state index in [9.17, 15) is 4.79 Å². The summed E-state index contributed by atoms with van der Waals surface area (Å²) in [6.45, 7) is 0.548.